The molecule has 146 valence electrons. The zero-order chi connectivity index (χ0) is 19.3. The van der Waals surface area contributed by atoms with E-state index >= 15 is 0 Å². The molecule has 28 heavy (non-hydrogen) atoms. The highest BCUT2D eigenvalue weighted by atomic mass is 16.2. The number of benzene rings is 2. The highest BCUT2D eigenvalue weighted by Gasteiger charge is 2.19. The molecule has 2 aromatic rings. The summed E-state index contributed by atoms with van der Waals surface area (Å²) in [6.07, 6.45) is 3.11. The number of urea groups is 2. The number of carbonyl (C=O) groups excluding carboxylic acids is 2. The van der Waals surface area contributed by atoms with Crippen molar-refractivity contribution in [2.45, 2.75) is 25.8 Å². The molecular weight excluding hydrogens is 354 g/mol. The number of anilines is 3. The lowest BCUT2D eigenvalue weighted by molar-refractivity contribution is 0.243. The third kappa shape index (κ3) is 4.19. The summed E-state index contributed by atoms with van der Waals surface area (Å²) in [4.78, 5) is 26.0. The average molecular weight is 379 g/mol. The minimum atomic E-state index is -0.268. The summed E-state index contributed by atoms with van der Waals surface area (Å²) < 4.78 is 0. The molecule has 2 heterocycles. The van der Waals surface area contributed by atoms with E-state index in [-0.39, 0.29) is 12.1 Å². The molecule has 1 fully saturated rings. The molecule has 4 amide bonds. The normalized spacial score (nSPS) is 15.9. The largest absolute Gasteiger partial charge is 0.385 e. The van der Waals surface area contributed by atoms with E-state index in [9.17, 15) is 9.59 Å². The second-order valence-corrected chi connectivity index (χ2v) is 7.12. The van der Waals surface area contributed by atoms with Crippen LogP contribution in [0.3, 0.4) is 0 Å². The number of hydrogen-bond acceptors (Lipinski definition) is 3. The summed E-state index contributed by atoms with van der Waals surface area (Å²) in [5, 5.41) is 12.0. The van der Waals surface area contributed by atoms with E-state index in [1.165, 1.54) is 11.3 Å². The van der Waals surface area contributed by atoms with Crippen molar-refractivity contribution < 1.29 is 9.59 Å². The smallest absolute Gasteiger partial charge is 0.321 e. The van der Waals surface area contributed by atoms with Gasteiger partial charge in [-0.1, -0.05) is 18.2 Å². The van der Waals surface area contributed by atoms with Gasteiger partial charge >= 0.3 is 12.1 Å². The fourth-order valence-corrected chi connectivity index (χ4v) is 3.62. The molecule has 1 saturated heterocycles. The molecule has 7 heteroatoms. The van der Waals surface area contributed by atoms with E-state index in [4.69, 9.17) is 0 Å². The monoisotopic (exact) mass is 379 g/mol. The second kappa shape index (κ2) is 8.21. The SMILES string of the molecule is O=C(NCc1ccc2c(c1)CCCN2)Nc1cccc(N2CCCNC2=O)c1. The van der Waals surface area contributed by atoms with Crippen LogP contribution in [0.5, 0.6) is 0 Å². The van der Waals surface area contributed by atoms with Gasteiger partial charge in [0.05, 0.1) is 0 Å². The molecule has 0 aliphatic carbocycles. The number of hydrogen-bond donors (Lipinski definition) is 4. The summed E-state index contributed by atoms with van der Waals surface area (Å²) in [6.45, 7) is 2.86. The van der Waals surface area contributed by atoms with Crippen molar-refractivity contribution in [3.05, 3.63) is 53.6 Å². The number of rotatable bonds is 4. The Kier molecular flexibility index (Phi) is 5.32. The first-order valence-electron chi connectivity index (χ1n) is 9.75. The lowest BCUT2D eigenvalue weighted by atomic mass is 10.0. The van der Waals surface area contributed by atoms with Gasteiger partial charge in [0.2, 0.25) is 0 Å². The zero-order valence-corrected chi connectivity index (χ0v) is 15.8. The fraction of sp³-hybridized carbons (Fsp3) is 0.333. The molecule has 4 rings (SSSR count). The number of amides is 4. The number of fused-ring (bicyclic) bond motifs is 1. The molecular formula is C21H25N5O2. The van der Waals surface area contributed by atoms with Crippen LogP contribution in [-0.2, 0) is 13.0 Å². The number of nitrogens with one attached hydrogen (secondary N) is 4. The van der Waals surface area contributed by atoms with Crippen LogP contribution in [0, 0.1) is 0 Å². The quantitative estimate of drug-likeness (QED) is 0.658. The van der Waals surface area contributed by atoms with Crippen molar-refractivity contribution in [3.8, 4) is 0 Å². The van der Waals surface area contributed by atoms with E-state index in [1.807, 2.05) is 30.3 Å². The van der Waals surface area contributed by atoms with Crippen molar-refractivity contribution in [2.75, 3.05) is 35.2 Å². The lowest BCUT2D eigenvalue weighted by Gasteiger charge is -2.27. The van der Waals surface area contributed by atoms with Gasteiger partial charge < -0.3 is 21.3 Å². The summed E-state index contributed by atoms with van der Waals surface area (Å²) >= 11 is 0. The van der Waals surface area contributed by atoms with Gasteiger partial charge in [-0.25, -0.2) is 9.59 Å². The summed E-state index contributed by atoms with van der Waals surface area (Å²) in [5.74, 6) is 0. The molecule has 4 N–H and O–H groups in total. The van der Waals surface area contributed by atoms with Gasteiger partial charge in [-0.3, -0.25) is 4.90 Å². The first-order chi connectivity index (χ1) is 13.7. The van der Waals surface area contributed by atoms with E-state index in [0.29, 0.717) is 25.3 Å². The molecule has 0 aromatic heterocycles. The predicted molar refractivity (Wildman–Crippen MR) is 111 cm³/mol. The van der Waals surface area contributed by atoms with Gasteiger partial charge in [0.1, 0.15) is 0 Å². The van der Waals surface area contributed by atoms with Crippen LogP contribution in [0.25, 0.3) is 0 Å². The van der Waals surface area contributed by atoms with E-state index < -0.39 is 0 Å². The first-order valence-corrected chi connectivity index (χ1v) is 9.75. The molecule has 7 nitrogen and oxygen atoms in total. The second-order valence-electron chi connectivity index (χ2n) is 7.12. The molecule has 0 unspecified atom stereocenters. The van der Waals surface area contributed by atoms with Crippen LogP contribution < -0.4 is 26.2 Å². The first kappa shape index (κ1) is 18.2. The van der Waals surface area contributed by atoms with Gasteiger partial charge in [-0.15, -0.1) is 0 Å². The molecule has 0 radical (unpaired) electrons. The predicted octanol–water partition coefficient (Wildman–Crippen LogP) is 3.29. The Morgan fingerprint density at radius 2 is 1.96 bits per heavy atom. The summed E-state index contributed by atoms with van der Waals surface area (Å²) in [5.41, 5.74) is 5.01. The van der Waals surface area contributed by atoms with Crippen molar-refractivity contribution in [2.24, 2.45) is 0 Å². The molecule has 2 aliphatic heterocycles. The molecule has 0 spiro atoms. The summed E-state index contributed by atoms with van der Waals surface area (Å²) in [7, 11) is 0. The van der Waals surface area contributed by atoms with Gasteiger partial charge in [0.25, 0.3) is 0 Å². The number of aryl methyl sites for hydroxylation is 1. The zero-order valence-electron chi connectivity index (χ0n) is 15.8. The van der Waals surface area contributed by atoms with E-state index in [2.05, 4.69) is 33.4 Å². The Morgan fingerprint density at radius 3 is 2.86 bits per heavy atom. The molecule has 2 aromatic carbocycles. The van der Waals surface area contributed by atoms with Crippen molar-refractivity contribution in [1.82, 2.24) is 10.6 Å². The maximum atomic E-state index is 12.3. The van der Waals surface area contributed by atoms with Gasteiger partial charge in [-0.2, -0.15) is 0 Å². The number of nitrogens with zero attached hydrogens (tertiary/aromatic N) is 1. The van der Waals surface area contributed by atoms with Gasteiger partial charge in [-0.05, 0) is 54.7 Å². The highest BCUT2D eigenvalue weighted by molar-refractivity contribution is 5.94. The Bertz CT molecular complexity index is 883. The Balaban J connectivity index is 1.35. The maximum Gasteiger partial charge on any atom is 0.321 e. The van der Waals surface area contributed by atoms with Crippen LogP contribution in [0.4, 0.5) is 26.7 Å². The Morgan fingerprint density at radius 1 is 1.07 bits per heavy atom. The van der Waals surface area contributed by atoms with Crippen LogP contribution >= 0.6 is 0 Å². The minimum Gasteiger partial charge on any atom is -0.385 e. The van der Waals surface area contributed by atoms with E-state index in [1.54, 1.807) is 4.90 Å². The van der Waals surface area contributed by atoms with Gasteiger partial charge in [0.15, 0.2) is 0 Å². The van der Waals surface area contributed by atoms with Crippen molar-refractivity contribution in [3.63, 3.8) is 0 Å². The Hall–Kier alpha value is -3.22. The van der Waals surface area contributed by atoms with E-state index in [0.717, 1.165) is 37.1 Å². The van der Waals surface area contributed by atoms with Crippen LogP contribution in [0.1, 0.15) is 24.0 Å². The average Bonchev–Trinajstić information content (AvgIpc) is 2.73. The lowest BCUT2D eigenvalue weighted by Crippen LogP contribution is -2.46. The van der Waals surface area contributed by atoms with Crippen LogP contribution in [-0.4, -0.2) is 31.7 Å². The van der Waals surface area contributed by atoms with Crippen molar-refractivity contribution in [1.29, 1.82) is 0 Å². The van der Waals surface area contributed by atoms with Crippen molar-refractivity contribution >= 4 is 29.1 Å². The highest BCUT2D eigenvalue weighted by Crippen LogP contribution is 2.23. The number of carbonyl (C=O) groups is 2. The minimum absolute atomic E-state index is 0.102. The van der Waals surface area contributed by atoms with Crippen LogP contribution in [0.2, 0.25) is 0 Å². The molecule has 0 bridgehead atoms. The summed E-state index contributed by atoms with van der Waals surface area (Å²) in [6, 6.07) is 13.2. The molecule has 0 atom stereocenters. The molecule has 0 saturated carbocycles. The standard InChI is InChI=1S/C21H25N5O2/c27-20(24-14-15-7-8-19-16(12-15)4-2-9-22-19)25-17-5-1-6-18(13-17)26-11-3-10-23-21(26)28/h1,5-8,12-13,22H,2-4,9-11,14H2,(H,23,28)(H2,24,25,27). The Labute approximate surface area is 164 Å². The third-order valence-electron chi connectivity index (χ3n) is 5.06. The molecule has 2 aliphatic rings. The van der Waals surface area contributed by atoms with Crippen LogP contribution in [0.15, 0.2) is 42.5 Å². The topological polar surface area (TPSA) is 85.5 Å². The fourth-order valence-electron chi connectivity index (χ4n) is 3.62. The maximum absolute atomic E-state index is 12.3. The van der Waals surface area contributed by atoms with Gasteiger partial charge in [0, 0.05) is 43.2 Å². The third-order valence-corrected chi connectivity index (χ3v) is 5.06.